The summed E-state index contributed by atoms with van der Waals surface area (Å²) in [6.45, 7) is 3.33. The molecule has 7 heteroatoms. The molecule has 0 unspecified atom stereocenters. The second-order valence-electron chi connectivity index (χ2n) is 4.01. The van der Waals surface area contributed by atoms with Crippen molar-refractivity contribution in [1.29, 1.82) is 5.26 Å². The first kappa shape index (κ1) is 14.0. The zero-order chi connectivity index (χ0) is 13.5. The molecule has 1 aromatic rings. The molecule has 0 atom stereocenters. The van der Waals surface area contributed by atoms with Crippen LogP contribution in [0.2, 0.25) is 0 Å². The Bertz CT molecular complexity index is 424. The number of nitriles is 1. The van der Waals surface area contributed by atoms with E-state index in [4.69, 9.17) is 5.26 Å². The lowest BCUT2D eigenvalue weighted by Gasteiger charge is -2.18. The van der Waals surface area contributed by atoms with Gasteiger partial charge in [-0.2, -0.15) is 20.2 Å². The molecule has 1 aromatic heterocycles. The van der Waals surface area contributed by atoms with Gasteiger partial charge in [-0.05, 0) is 6.92 Å². The minimum atomic E-state index is 0.440. The molecule has 1 N–H and O–H groups in total. The van der Waals surface area contributed by atoms with E-state index in [0.717, 1.165) is 6.54 Å². The van der Waals surface area contributed by atoms with E-state index in [1.807, 2.05) is 37.9 Å². The van der Waals surface area contributed by atoms with E-state index in [0.29, 0.717) is 30.8 Å². The molecule has 0 saturated carbocycles. The van der Waals surface area contributed by atoms with E-state index in [9.17, 15) is 0 Å². The maximum absolute atomic E-state index is 8.59. The van der Waals surface area contributed by atoms with Crippen LogP contribution < -0.4 is 15.1 Å². The summed E-state index contributed by atoms with van der Waals surface area (Å²) in [5.41, 5.74) is 0. The molecular weight excluding hydrogens is 230 g/mol. The fourth-order valence-electron chi connectivity index (χ4n) is 1.28. The minimum absolute atomic E-state index is 0.440. The minimum Gasteiger partial charge on any atom is -0.354 e. The van der Waals surface area contributed by atoms with Gasteiger partial charge in [0.2, 0.25) is 17.8 Å². The molecule has 0 aliphatic carbocycles. The molecule has 0 spiro atoms. The average Bonchev–Trinajstić information content (AvgIpc) is 2.35. The largest absolute Gasteiger partial charge is 0.354 e. The molecule has 1 rings (SSSR count). The van der Waals surface area contributed by atoms with Gasteiger partial charge in [0.05, 0.1) is 12.5 Å². The van der Waals surface area contributed by atoms with Crippen LogP contribution in [0.5, 0.6) is 0 Å². The third-order valence-corrected chi connectivity index (χ3v) is 2.25. The number of hydrogen-bond acceptors (Lipinski definition) is 7. The number of aromatic nitrogens is 3. The van der Waals surface area contributed by atoms with Crippen molar-refractivity contribution in [2.45, 2.75) is 13.3 Å². The third-order valence-electron chi connectivity index (χ3n) is 2.25. The van der Waals surface area contributed by atoms with Crippen molar-refractivity contribution >= 4 is 17.8 Å². The van der Waals surface area contributed by atoms with Gasteiger partial charge in [-0.1, -0.05) is 0 Å². The van der Waals surface area contributed by atoms with Gasteiger partial charge in [-0.3, -0.25) is 0 Å². The normalized spacial score (nSPS) is 9.72. The van der Waals surface area contributed by atoms with E-state index >= 15 is 0 Å². The van der Waals surface area contributed by atoms with E-state index in [2.05, 4.69) is 26.3 Å². The highest BCUT2D eigenvalue weighted by Crippen LogP contribution is 2.14. The average molecular weight is 249 g/mol. The number of rotatable bonds is 6. The Morgan fingerprint density at radius 1 is 1.17 bits per heavy atom. The van der Waals surface area contributed by atoms with Crippen molar-refractivity contribution < 1.29 is 0 Å². The van der Waals surface area contributed by atoms with E-state index in [-0.39, 0.29) is 0 Å². The predicted octanol–water partition coefficient (Wildman–Crippen LogP) is 0.719. The Labute approximate surface area is 107 Å². The number of nitrogens with one attached hydrogen (secondary N) is 1. The zero-order valence-corrected chi connectivity index (χ0v) is 11.3. The molecular formula is C11H19N7. The van der Waals surface area contributed by atoms with Crippen LogP contribution in [0.25, 0.3) is 0 Å². The second-order valence-corrected chi connectivity index (χ2v) is 4.01. The highest BCUT2D eigenvalue weighted by Gasteiger charge is 2.10. The van der Waals surface area contributed by atoms with Crippen molar-refractivity contribution in [3.05, 3.63) is 0 Å². The molecule has 7 nitrogen and oxygen atoms in total. The summed E-state index contributed by atoms with van der Waals surface area (Å²) >= 11 is 0. The van der Waals surface area contributed by atoms with Gasteiger partial charge in [-0.15, -0.1) is 0 Å². The Hall–Kier alpha value is -2.10. The molecule has 18 heavy (non-hydrogen) atoms. The summed E-state index contributed by atoms with van der Waals surface area (Å²) in [4.78, 5) is 16.6. The maximum Gasteiger partial charge on any atom is 0.231 e. The quantitative estimate of drug-likeness (QED) is 0.795. The maximum atomic E-state index is 8.59. The lowest BCUT2D eigenvalue weighted by molar-refractivity contribution is 0.837. The van der Waals surface area contributed by atoms with Gasteiger partial charge < -0.3 is 15.1 Å². The monoisotopic (exact) mass is 249 g/mol. The molecule has 0 aromatic carbocycles. The van der Waals surface area contributed by atoms with Crippen LogP contribution >= 0.6 is 0 Å². The summed E-state index contributed by atoms with van der Waals surface area (Å²) in [5.74, 6) is 1.72. The van der Waals surface area contributed by atoms with Crippen LogP contribution in [-0.4, -0.2) is 49.2 Å². The van der Waals surface area contributed by atoms with Crippen LogP contribution in [0.1, 0.15) is 13.3 Å². The predicted molar refractivity (Wildman–Crippen MR) is 71.8 cm³/mol. The van der Waals surface area contributed by atoms with Gasteiger partial charge in [0, 0.05) is 34.2 Å². The molecule has 0 radical (unpaired) electrons. The van der Waals surface area contributed by atoms with Crippen LogP contribution in [0.15, 0.2) is 0 Å². The molecule has 98 valence electrons. The molecule has 1 heterocycles. The smallest absolute Gasteiger partial charge is 0.231 e. The highest BCUT2D eigenvalue weighted by molar-refractivity contribution is 5.44. The van der Waals surface area contributed by atoms with E-state index in [1.165, 1.54) is 0 Å². The first-order valence-corrected chi connectivity index (χ1v) is 5.83. The van der Waals surface area contributed by atoms with E-state index < -0.39 is 0 Å². The number of anilines is 3. The Balaban J connectivity index is 2.99. The standard InChI is InChI=1S/C11H19N7/c1-5-13-9-14-10(17(2)3)16-11(15-9)18(4)8-6-7-12/h5-6,8H2,1-4H3,(H,13,14,15,16). The van der Waals surface area contributed by atoms with Crippen LogP contribution in [0, 0.1) is 11.3 Å². The first-order valence-electron chi connectivity index (χ1n) is 5.83. The second kappa shape index (κ2) is 6.59. The van der Waals surface area contributed by atoms with Crippen LogP contribution in [-0.2, 0) is 0 Å². The van der Waals surface area contributed by atoms with Crippen molar-refractivity contribution in [3.8, 4) is 6.07 Å². The summed E-state index contributed by atoms with van der Waals surface area (Å²) in [6, 6.07) is 2.11. The fourth-order valence-corrected chi connectivity index (χ4v) is 1.28. The molecule has 0 saturated heterocycles. The first-order chi connectivity index (χ1) is 8.58. The third kappa shape index (κ3) is 3.73. The Kier molecular flexibility index (Phi) is 5.11. The van der Waals surface area contributed by atoms with Crippen molar-refractivity contribution in [2.24, 2.45) is 0 Å². The van der Waals surface area contributed by atoms with Crippen molar-refractivity contribution in [1.82, 2.24) is 15.0 Å². The summed E-state index contributed by atoms with van der Waals surface area (Å²) in [6.07, 6.45) is 0.440. The SMILES string of the molecule is CCNc1nc(N(C)C)nc(N(C)CCC#N)n1. The van der Waals surface area contributed by atoms with Gasteiger partial charge >= 0.3 is 0 Å². The Morgan fingerprint density at radius 2 is 1.83 bits per heavy atom. The van der Waals surface area contributed by atoms with Gasteiger partial charge in [0.1, 0.15) is 0 Å². The summed E-state index contributed by atoms with van der Waals surface area (Å²) < 4.78 is 0. The van der Waals surface area contributed by atoms with Gasteiger partial charge in [0.25, 0.3) is 0 Å². The lowest BCUT2D eigenvalue weighted by Crippen LogP contribution is -2.24. The fraction of sp³-hybridized carbons (Fsp3) is 0.636. The summed E-state index contributed by atoms with van der Waals surface area (Å²) in [5, 5.41) is 11.7. The number of nitrogens with zero attached hydrogens (tertiary/aromatic N) is 6. The van der Waals surface area contributed by atoms with Gasteiger partial charge in [-0.25, -0.2) is 0 Å². The molecule has 0 bridgehead atoms. The number of hydrogen-bond donors (Lipinski definition) is 1. The molecule has 0 aliphatic rings. The van der Waals surface area contributed by atoms with Crippen LogP contribution in [0.4, 0.5) is 17.8 Å². The highest BCUT2D eigenvalue weighted by atomic mass is 15.3. The van der Waals surface area contributed by atoms with Crippen LogP contribution in [0.3, 0.4) is 0 Å². The van der Waals surface area contributed by atoms with E-state index in [1.54, 1.807) is 0 Å². The summed E-state index contributed by atoms with van der Waals surface area (Å²) in [7, 11) is 5.62. The zero-order valence-electron chi connectivity index (χ0n) is 11.3. The Morgan fingerprint density at radius 3 is 2.39 bits per heavy atom. The molecule has 0 amide bonds. The van der Waals surface area contributed by atoms with Crippen molar-refractivity contribution in [2.75, 3.05) is 49.3 Å². The lowest BCUT2D eigenvalue weighted by atomic mass is 10.4. The molecule has 0 fully saturated rings. The molecule has 0 aliphatic heterocycles. The van der Waals surface area contributed by atoms with Crippen molar-refractivity contribution in [3.63, 3.8) is 0 Å². The van der Waals surface area contributed by atoms with Gasteiger partial charge in [0.15, 0.2) is 0 Å². The topological polar surface area (TPSA) is 81.0 Å².